The van der Waals surface area contributed by atoms with Gasteiger partial charge in [-0.05, 0) is 47.7 Å². The summed E-state index contributed by atoms with van der Waals surface area (Å²) in [5.74, 6) is 0. The Labute approximate surface area is 249 Å². The van der Waals surface area contributed by atoms with Crippen LogP contribution in [0, 0.1) is 20.2 Å². The fraction of sp³-hybridized carbons (Fsp3) is 0.0625. The number of para-hydroxylation sites is 1. The van der Waals surface area contributed by atoms with Gasteiger partial charge in [0.25, 0.3) is 5.69 Å². The fourth-order valence-corrected chi connectivity index (χ4v) is 6.97. The number of hydrogen-bond donors (Lipinski definition) is 0. The summed E-state index contributed by atoms with van der Waals surface area (Å²) in [5.41, 5.74) is 3.38. The Balaban J connectivity index is 1.54. The number of rotatable bonds is 5. The molecular weight excluding hydrogens is 564 g/mol. The fourth-order valence-electron chi connectivity index (χ4n) is 5.69. The standard InChI is InChI=1S/C32H22N6O4S/c1-21-33-36(29-19-18-24(37(39)40)20-30(29)38(41)42)32(43-21)28-17-8-7-15-27(28)31(34-35(32)23-12-3-2-4-13-23)26-16-9-11-22-10-5-6-14-25(22)26/h2-20H,1H3/t32-/m0/s1. The van der Waals surface area contributed by atoms with Crippen molar-refractivity contribution < 1.29 is 9.85 Å². The molecule has 0 saturated heterocycles. The number of hydrazone groups is 2. The Bertz CT molecular complexity index is 2010. The molecule has 0 radical (unpaired) electrons. The molecule has 0 fully saturated rings. The van der Waals surface area contributed by atoms with Crippen molar-refractivity contribution in [2.75, 3.05) is 10.0 Å². The molecule has 1 spiro atoms. The van der Waals surface area contributed by atoms with Crippen LogP contribution in [-0.2, 0) is 4.99 Å². The highest BCUT2D eigenvalue weighted by atomic mass is 32.2. The van der Waals surface area contributed by atoms with Crippen molar-refractivity contribution >= 4 is 56.0 Å². The van der Waals surface area contributed by atoms with Gasteiger partial charge in [-0.15, -0.1) is 0 Å². The number of nitro benzene ring substituents is 2. The van der Waals surface area contributed by atoms with E-state index in [2.05, 4.69) is 18.2 Å². The number of thioether (sulfide) groups is 1. The molecule has 1 atom stereocenters. The largest absolute Gasteiger partial charge is 0.301 e. The smallest absolute Gasteiger partial charge is 0.258 e. The molecule has 0 aliphatic carbocycles. The average molecular weight is 587 g/mol. The number of hydrogen-bond acceptors (Lipinski definition) is 9. The van der Waals surface area contributed by atoms with Crippen molar-refractivity contribution in [1.29, 1.82) is 0 Å². The maximum Gasteiger partial charge on any atom is 0.301 e. The van der Waals surface area contributed by atoms with E-state index in [0.29, 0.717) is 5.04 Å². The molecule has 0 aromatic heterocycles. The van der Waals surface area contributed by atoms with Crippen molar-refractivity contribution in [3.8, 4) is 0 Å². The first kappa shape index (κ1) is 26.4. The maximum atomic E-state index is 12.3. The molecule has 2 aliphatic rings. The highest BCUT2D eigenvalue weighted by molar-refractivity contribution is 8.15. The van der Waals surface area contributed by atoms with E-state index in [0.717, 1.165) is 44.9 Å². The van der Waals surface area contributed by atoms with E-state index in [-0.39, 0.29) is 11.4 Å². The summed E-state index contributed by atoms with van der Waals surface area (Å²) in [5, 5.41) is 40.2. The van der Waals surface area contributed by atoms with Crippen LogP contribution in [0.5, 0.6) is 0 Å². The second kappa shape index (κ2) is 10.1. The predicted molar refractivity (Wildman–Crippen MR) is 170 cm³/mol. The van der Waals surface area contributed by atoms with Crippen molar-refractivity contribution in [2.24, 2.45) is 10.2 Å². The average Bonchev–Trinajstić information content (AvgIpc) is 3.38. The lowest BCUT2D eigenvalue weighted by molar-refractivity contribution is -0.393. The van der Waals surface area contributed by atoms with Crippen LogP contribution in [0.1, 0.15) is 23.6 Å². The second-order valence-electron chi connectivity index (χ2n) is 10.00. The van der Waals surface area contributed by atoms with Crippen LogP contribution in [0.2, 0.25) is 0 Å². The summed E-state index contributed by atoms with van der Waals surface area (Å²) >= 11 is 1.41. The maximum absolute atomic E-state index is 12.3. The number of nitro groups is 2. The molecule has 5 aromatic carbocycles. The molecule has 0 unspecified atom stereocenters. The molecular formula is C32H22N6O4S. The zero-order chi connectivity index (χ0) is 29.7. The minimum atomic E-state index is -1.23. The van der Waals surface area contributed by atoms with E-state index in [4.69, 9.17) is 10.2 Å². The topological polar surface area (TPSA) is 117 Å². The zero-order valence-electron chi connectivity index (χ0n) is 22.7. The lowest BCUT2D eigenvalue weighted by atomic mass is 9.90. The van der Waals surface area contributed by atoms with Gasteiger partial charge in [-0.1, -0.05) is 84.9 Å². The molecule has 0 N–H and O–H groups in total. The van der Waals surface area contributed by atoms with Crippen molar-refractivity contribution in [3.05, 3.63) is 152 Å². The van der Waals surface area contributed by atoms with E-state index in [1.54, 1.807) is 5.01 Å². The van der Waals surface area contributed by atoms with E-state index in [1.807, 2.05) is 90.8 Å². The van der Waals surface area contributed by atoms with E-state index >= 15 is 0 Å². The van der Waals surface area contributed by atoms with Crippen LogP contribution in [0.4, 0.5) is 22.7 Å². The van der Waals surface area contributed by atoms with Crippen LogP contribution >= 0.6 is 11.8 Å². The minimum Gasteiger partial charge on any atom is -0.258 e. The number of benzene rings is 5. The monoisotopic (exact) mass is 586 g/mol. The van der Waals surface area contributed by atoms with Gasteiger partial charge in [-0.25, -0.2) is 10.0 Å². The molecule has 5 aromatic rings. The van der Waals surface area contributed by atoms with Crippen molar-refractivity contribution in [2.45, 2.75) is 11.9 Å². The van der Waals surface area contributed by atoms with Gasteiger partial charge in [-0.2, -0.15) is 10.2 Å². The third kappa shape index (κ3) is 4.12. The van der Waals surface area contributed by atoms with Crippen LogP contribution in [0.15, 0.2) is 125 Å². The van der Waals surface area contributed by atoms with Gasteiger partial charge in [0.15, 0.2) is 0 Å². The third-order valence-corrected chi connectivity index (χ3v) is 8.71. The molecule has 0 saturated carbocycles. The number of anilines is 2. The van der Waals surface area contributed by atoms with E-state index in [9.17, 15) is 20.2 Å². The molecule has 43 heavy (non-hydrogen) atoms. The molecule has 10 nitrogen and oxygen atoms in total. The zero-order valence-corrected chi connectivity index (χ0v) is 23.5. The third-order valence-electron chi connectivity index (χ3n) is 7.48. The van der Waals surface area contributed by atoms with Gasteiger partial charge in [0.1, 0.15) is 5.69 Å². The van der Waals surface area contributed by atoms with Gasteiger partial charge in [-0.3, -0.25) is 20.2 Å². The normalized spacial score (nSPS) is 17.5. The first-order valence-electron chi connectivity index (χ1n) is 13.4. The van der Waals surface area contributed by atoms with Crippen LogP contribution < -0.4 is 10.0 Å². The first-order valence-corrected chi connectivity index (χ1v) is 14.2. The Morgan fingerprint density at radius 3 is 2.21 bits per heavy atom. The van der Waals surface area contributed by atoms with Crippen LogP contribution in [0.25, 0.3) is 10.8 Å². The Kier molecular flexibility index (Phi) is 6.17. The quantitative estimate of drug-likeness (QED) is 0.153. The summed E-state index contributed by atoms with van der Waals surface area (Å²) in [6.45, 7) is 1.83. The van der Waals surface area contributed by atoms with Gasteiger partial charge in [0, 0.05) is 22.8 Å². The molecule has 2 aliphatic heterocycles. The summed E-state index contributed by atoms with van der Waals surface area (Å²) < 4.78 is 0. The Hall–Kier alpha value is -5.55. The van der Waals surface area contributed by atoms with Gasteiger partial charge < -0.3 is 0 Å². The molecule has 0 bridgehead atoms. The summed E-state index contributed by atoms with van der Waals surface area (Å²) in [6.07, 6.45) is 0. The van der Waals surface area contributed by atoms with E-state index in [1.165, 1.54) is 23.9 Å². The van der Waals surface area contributed by atoms with Crippen molar-refractivity contribution in [3.63, 3.8) is 0 Å². The molecule has 2 heterocycles. The highest BCUT2D eigenvalue weighted by Crippen LogP contribution is 2.56. The summed E-state index contributed by atoms with van der Waals surface area (Å²) in [7, 11) is 0. The molecule has 11 heteroatoms. The second-order valence-corrected chi connectivity index (χ2v) is 11.4. The number of non-ortho nitro benzene ring substituents is 1. The van der Waals surface area contributed by atoms with Crippen LogP contribution in [0.3, 0.4) is 0 Å². The molecule has 0 amide bonds. The minimum absolute atomic E-state index is 0.111. The number of nitrogens with zero attached hydrogens (tertiary/aromatic N) is 6. The van der Waals surface area contributed by atoms with E-state index < -0.39 is 20.5 Å². The highest BCUT2D eigenvalue weighted by Gasteiger charge is 2.55. The number of fused-ring (bicyclic) bond motifs is 3. The van der Waals surface area contributed by atoms with Gasteiger partial charge in [0.2, 0.25) is 4.99 Å². The lowest BCUT2D eigenvalue weighted by Crippen LogP contribution is -2.54. The van der Waals surface area contributed by atoms with Crippen LogP contribution in [-0.4, -0.2) is 20.6 Å². The van der Waals surface area contributed by atoms with Gasteiger partial charge in [0.05, 0.1) is 32.4 Å². The summed E-state index contributed by atoms with van der Waals surface area (Å²) in [4.78, 5) is 21.4. The van der Waals surface area contributed by atoms with Crippen molar-refractivity contribution in [1.82, 2.24) is 0 Å². The first-order chi connectivity index (χ1) is 20.9. The van der Waals surface area contributed by atoms with Gasteiger partial charge >= 0.3 is 5.69 Å². The Morgan fingerprint density at radius 1 is 0.721 bits per heavy atom. The molecule has 210 valence electrons. The summed E-state index contributed by atoms with van der Waals surface area (Å²) in [6, 6.07) is 35.3. The predicted octanol–water partition coefficient (Wildman–Crippen LogP) is 7.63. The Morgan fingerprint density at radius 2 is 1.42 bits per heavy atom. The SMILES string of the molecule is CC1=NN(c2ccc([N+](=O)[O-])cc2[N+](=O)[O-])[C@]2(S1)c1ccccc1C(c1cccc3ccccc13)=NN2c1ccccc1. The lowest BCUT2D eigenvalue weighted by Gasteiger charge is -2.47. The molecule has 7 rings (SSSR count).